The van der Waals surface area contributed by atoms with Gasteiger partial charge < -0.3 is 4.74 Å². The molecule has 0 aromatic heterocycles. The van der Waals surface area contributed by atoms with Gasteiger partial charge in [-0.15, -0.1) is 0 Å². The summed E-state index contributed by atoms with van der Waals surface area (Å²) in [5, 5.41) is 0. The van der Waals surface area contributed by atoms with Crippen LogP contribution in [0.2, 0.25) is 0 Å². The van der Waals surface area contributed by atoms with Crippen molar-refractivity contribution < 1.29 is 9.53 Å². The van der Waals surface area contributed by atoms with Crippen molar-refractivity contribution in [2.45, 2.75) is 37.6 Å². The van der Waals surface area contributed by atoms with Crippen LogP contribution in [0.5, 0.6) is 5.75 Å². The monoisotopic (exact) mass is 321 g/mol. The molecule has 0 unspecified atom stereocenters. The second-order valence-electron chi connectivity index (χ2n) is 5.49. The van der Waals surface area contributed by atoms with Crippen molar-refractivity contribution >= 4 is 22.0 Å². The van der Waals surface area contributed by atoms with E-state index in [4.69, 9.17) is 4.74 Å². The van der Waals surface area contributed by atoms with Crippen molar-refractivity contribution in [3.8, 4) is 5.75 Å². The molecule has 0 aliphatic heterocycles. The maximum Gasteiger partial charge on any atom is 0.235 e. The fraction of sp³-hybridized carbons (Fsp3) is 0.533. The van der Waals surface area contributed by atoms with Gasteiger partial charge in [0.05, 0.1) is 16.6 Å². The predicted molar refractivity (Wildman–Crippen MR) is 76.0 cm³/mol. The lowest BCUT2D eigenvalue weighted by molar-refractivity contribution is 0.255. The highest BCUT2D eigenvalue weighted by molar-refractivity contribution is 9.10. The molecule has 1 aromatic carbocycles. The molecule has 0 saturated heterocycles. The third kappa shape index (κ3) is 2.60. The second kappa shape index (κ2) is 5.10. The normalized spacial score (nSPS) is 20.3. The first kappa shape index (κ1) is 12.9. The number of benzene rings is 1. The van der Waals surface area contributed by atoms with Gasteiger partial charge in [-0.25, -0.2) is 4.79 Å². The molecule has 2 saturated carbocycles. The Labute approximate surface area is 121 Å². The molecular formula is C15H16BrNO2. The number of isocyanates is 1. The highest BCUT2D eigenvalue weighted by Gasteiger charge is 2.39. The standard InChI is InChI=1S/C15H16BrNO2/c16-13-8-12(15(17-10-18)6-1-7-15)4-5-14(13)19-9-11-2-3-11/h4-5,8,11H,1-3,6-7,9H2. The van der Waals surface area contributed by atoms with Crippen LogP contribution in [0.3, 0.4) is 0 Å². The van der Waals surface area contributed by atoms with E-state index >= 15 is 0 Å². The average Bonchev–Trinajstić information content (AvgIpc) is 3.16. The van der Waals surface area contributed by atoms with E-state index in [1.165, 1.54) is 12.8 Å². The Hall–Kier alpha value is -1.12. The van der Waals surface area contributed by atoms with E-state index in [9.17, 15) is 4.79 Å². The van der Waals surface area contributed by atoms with Crippen molar-refractivity contribution in [2.75, 3.05) is 6.61 Å². The molecule has 2 fully saturated rings. The van der Waals surface area contributed by atoms with Crippen molar-refractivity contribution in [1.82, 2.24) is 0 Å². The molecule has 0 heterocycles. The number of hydrogen-bond acceptors (Lipinski definition) is 3. The first-order valence-electron chi connectivity index (χ1n) is 6.75. The molecular weight excluding hydrogens is 306 g/mol. The minimum Gasteiger partial charge on any atom is -0.492 e. The van der Waals surface area contributed by atoms with E-state index in [-0.39, 0.29) is 5.54 Å². The first-order chi connectivity index (χ1) is 9.23. The number of ether oxygens (including phenoxy) is 1. The van der Waals surface area contributed by atoms with Crippen molar-refractivity contribution in [2.24, 2.45) is 10.9 Å². The lowest BCUT2D eigenvalue weighted by atomic mass is 9.72. The van der Waals surface area contributed by atoms with Crippen molar-refractivity contribution in [1.29, 1.82) is 0 Å². The van der Waals surface area contributed by atoms with E-state index in [2.05, 4.69) is 20.9 Å². The summed E-state index contributed by atoms with van der Waals surface area (Å²) in [7, 11) is 0. The molecule has 2 aliphatic carbocycles. The summed E-state index contributed by atoms with van der Waals surface area (Å²) < 4.78 is 6.73. The van der Waals surface area contributed by atoms with Gasteiger partial charge >= 0.3 is 0 Å². The molecule has 0 radical (unpaired) electrons. The van der Waals surface area contributed by atoms with E-state index in [1.54, 1.807) is 6.08 Å². The van der Waals surface area contributed by atoms with Gasteiger partial charge in [-0.3, -0.25) is 0 Å². The molecule has 0 N–H and O–H groups in total. The number of hydrogen-bond donors (Lipinski definition) is 0. The van der Waals surface area contributed by atoms with Crippen LogP contribution >= 0.6 is 15.9 Å². The molecule has 3 nitrogen and oxygen atoms in total. The fourth-order valence-electron chi connectivity index (χ4n) is 2.46. The zero-order valence-electron chi connectivity index (χ0n) is 10.7. The molecule has 1 aromatic rings. The van der Waals surface area contributed by atoms with Crippen LogP contribution in [0.25, 0.3) is 0 Å². The average molecular weight is 322 g/mol. The topological polar surface area (TPSA) is 38.7 Å². The lowest BCUT2D eigenvalue weighted by Gasteiger charge is -2.37. The summed E-state index contributed by atoms with van der Waals surface area (Å²) in [6, 6.07) is 6.03. The third-order valence-corrected chi connectivity index (χ3v) is 4.70. The van der Waals surface area contributed by atoms with Crippen LogP contribution < -0.4 is 4.74 Å². The largest absolute Gasteiger partial charge is 0.492 e. The number of rotatable bonds is 5. The van der Waals surface area contributed by atoms with Crippen LogP contribution in [0.1, 0.15) is 37.7 Å². The summed E-state index contributed by atoms with van der Waals surface area (Å²) in [5.74, 6) is 1.62. The maximum atomic E-state index is 10.6. The Morgan fingerprint density at radius 1 is 1.42 bits per heavy atom. The van der Waals surface area contributed by atoms with Crippen LogP contribution in [0.4, 0.5) is 0 Å². The Bertz CT molecular complexity index is 529. The Morgan fingerprint density at radius 3 is 2.74 bits per heavy atom. The zero-order chi connectivity index (χ0) is 13.3. The minimum atomic E-state index is -0.334. The fourth-order valence-corrected chi connectivity index (χ4v) is 2.96. The number of carbonyl (C=O) groups excluding carboxylic acids is 1. The molecule has 0 spiro atoms. The molecule has 3 rings (SSSR count). The number of nitrogens with zero attached hydrogens (tertiary/aromatic N) is 1. The van der Waals surface area contributed by atoms with Gasteiger partial charge in [0.25, 0.3) is 0 Å². The predicted octanol–water partition coefficient (Wildman–Crippen LogP) is 3.95. The highest BCUT2D eigenvalue weighted by Crippen LogP contribution is 2.46. The quantitative estimate of drug-likeness (QED) is 0.608. The number of aliphatic imine (C=N–C) groups is 1. The molecule has 0 amide bonds. The summed E-state index contributed by atoms with van der Waals surface area (Å²) in [6.45, 7) is 0.801. The molecule has 0 atom stereocenters. The Balaban J connectivity index is 1.79. The zero-order valence-corrected chi connectivity index (χ0v) is 12.3. The lowest BCUT2D eigenvalue weighted by Crippen LogP contribution is -2.31. The Kier molecular flexibility index (Phi) is 3.46. The van der Waals surface area contributed by atoms with Gasteiger partial charge in [-0.2, -0.15) is 4.99 Å². The van der Waals surface area contributed by atoms with E-state index in [1.807, 2.05) is 18.2 Å². The van der Waals surface area contributed by atoms with E-state index in [0.717, 1.165) is 47.6 Å². The Morgan fingerprint density at radius 2 is 2.21 bits per heavy atom. The van der Waals surface area contributed by atoms with Gasteiger partial charge in [0.1, 0.15) is 5.75 Å². The van der Waals surface area contributed by atoms with Gasteiger partial charge in [-0.1, -0.05) is 6.07 Å². The molecule has 19 heavy (non-hydrogen) atoms. The van der Waals surface area contributed by atoms with Gasteiger partial charge in [0, 0.05) is 0 Å². The van der Waals surface area contributed by atoms with Crippen LogP contribution in [-0.2, 0) is 10.3 Å². The molecule has 0 bridgehead atoms. The minimum absolute atomic E-state index is 0.334. The highest BCUT2D eigenvalue weighted by atomic mass is 79.9. The molecule has 100 valence electrons. The summed E-state index contributed by atoms with van der Waals surface area (Å²) in [5.41, 5.74) is 0.743. The first-order valence-corrected chi connectivity index (χ1v) is 7.55. The summed E-state index contributed by atoms with van der Waals surface area (Å²) in [4.78, 5) is 14.6. The van der Waals surface area contributed by atoms with Gasteiger partial charge in [-0.05, 0) is 71.6 Å². The van der Waals surface area contributed by atoms with Gasteiger partial charge in [0.2, 0.25) is 6.08 Å². The number of halogens is 1. The van der Waals surface area contributed by atoms with Gasteiger partial charge in [0.15, 0.2) is 0 Å². The van der Waals surface area contributed by atoms with Crippen LogP contribution in [-0.4, -0.2) is 12.7 Å². The van der Waals surface area contributed by atoms with Crippen LogP contribution in [0, 0.1) is 5.92 Å². The van der Waals surface area contributed by atoms with Crippen molar-refractivity contribution in [3.05, 3.63) is 28.2 Å². The van der Waals surface area contributed by atoms with Crippen LogP contribution in [0.15, 0.2) is 27.7 Å². The summed E-state index contributed by atoms with van der Waals surface area (Å²) >= 11 is 3.55. The smallest absolute Gasteiger partial charge is 0.235 e. The second-order valence-corrected chi connectivity index (χ2v) is 6.34. The van der Waals surface area contributed by atoms with E-state index < -0.39 is 0 Å². The van der Waals surface area contributed by atoms with E-state index in [0.29, 0.717) is 0 Å². The van der Waals surface area contributed by atoms with Crippen molar-refractivity contribution in [3.63, 3.8) is 0 Å². The molecule has 2 aliphatic rings. The third-order valence-electron chi connectivity index (χ3n) is 4.08. The maximum absolute atomic E-state index is 10.6. The summed E-state index contributed by atoms with van der Waals surface area (Å²) in [6.07, 6.45) is 7.26. The SMILES string of the molecule is O=C=NC1(c2ccc(OCC3CC3)c(Br)c2)CCC1. The molecule has 4 heteroatoms.